The van der Waals surface area contributed by atoms with Crippen LogP contribution in [0.1, 0.15) is 361 Å². The average Bonchev–Trinajstić information content (AvgIpc) is 3.38. The van der Waals surface area contributed by atoms with Crippen LogP contribution >= 0.6 is 0 Å². The summed E-state index contributed by atoms with van der Waals surface area (Å²) >= 11 is 0. The molecule has 0 spiro atoms. The minimum atomic E-state index is -0.843. The number of amides is 1. The SMILES string of the molecule is CCCCCC/C=C\CCCCCCCC(=O)OCCCCCCCCCCCCCCCCCCCCCCCCCCCC(=O)NC(CO)C(O)/C=C/CCCCCCCCCCCCCCCCC. The van der Waals surface area contributed by atoms with Crippen molar-refractivity contribution in [3.63, 3.8) is 0 Å². The number of rotatable bonds is 61. The number of hydrogen-bond donors (Lipinski definition) is 3. The largest absolute Gasteiger partial charge is 0.466 e. The van der Waals surface area contributed by atoms with Crippen molar-refractivity contribution < 1.29 is 24.5 Å². The summed E-state index contributed by atoms with van der Waals surface area (Å²) in [6, 6.07) is -0.626. The number of hydrogen-bond acceptors (Lipinski definition) is 5. The lowest BCUT2D eigenvalue weighted by molar-refractivity contribution is -0.143. The fourth-order valence-corrected chi connectivity index (χ4v) is 10.2. The van der Waals surface area contributed by atoms with Crippen molar-refractivity contribution in [3.05, 3.63) is 24.3 Å². The van der Waals surface area contributed by atoms with Gasteiger partial charge in [-0.3, -0.25) is 9.59 Å². The second-order valence-corrected chi connectivity index (χ2v) is 22.5. The summed E-state index contributed by atoms with van der Waals surface area (Å²) in [5.41, 5.74) is 0. The Balaban J connectivity index is 3.38. The summed E-state index contributed by atoms with van der Waals surface area (Å²) in [5, 5.41) is 23.2. The molecule has 0 aliphatic rings. The highest BCUT2D eigenvalue weighted by atomic mass is 16.5. The molecular weight excluding hydrogens is 887 g/mol. The van der Waals surface area contributed by atoms with Crippen molar-refractivity contribution in [3.8, 4) is 0 Å². The molecule has 1 amide bonds. The first-order chi connectivity index (χ1) is 35.5. The van der Waals surface area contributed by atoms with Gasteiger partial charge in [0.1, 0.15) is 0 Å². The van der Waals surface area contributed by atoms with Crippen LogP contribution in [0.4, 0.5) is 0 Å². The molecule has 0 bridgehead atoms. The number of carbonyl (C=O) groups excluding carboxylic acids is 2. The minimum absolute atomic E-state index is 0.00708. The molecule has 0 aliphatic carbocycles. The van der Waals surface area contributed by atoms with E-state index in [1.165, 1.54) is 289 Å². The molecule has 3 N–H and O–H groups in total. The average molecular weight is 1010 g/mol. The van der Waals surface area contributed by atoms with Crippen LogP contribution in [0.5, 0.6) is 0 Å². The van der Waals surface area contributed by atoms with Crippen LogP contribution in [-0.2, 0) is 14.3 Å². The second-order valence-electron chi connectivity index (χ2n) is 22.5. The zero-order chi connectivity index (χ0) is 52.2. The standard InChI is InChI=1S/C66H127NO5/c1-3-5-7-9-11-13-15-17-18-28-31-35-38-42-46-50-54-58-64(69)63(62-68)67-65(70)59-55-51-47-43-39-36-32-29-26-24-22-20-19-21-23-25-27-30-33-37-41-45-49-53-57-61-72-66(71)60-56-52-48-44-40-34-16-14-12-10-8-6-4-2/h14,16,54,58,63-64,68-69H,3-13,15,17-53,55-57,59-62H2,1-2H3,(H,67,70)/b16-14-,58-54+. The van der Waals surface area contributed by atoms with Crippen molar-refractivity contribution in [1.29, 1.82) is 0 Å². The van der Waals surface area contributed by atoms with E-state index in [4.69, 9.17) is 4.74 Å². The summed E-state index contributed by atoms with van der Waals surface area (Å²) in [7, 11) is 0. The molecular formula is C66H127NO5. The number of carbonyl (C=O) groups is 2. The van der Waals surface area contributed by atoms with Crippen LogP contribution in [-0.4, -0.2) is 47.4 Å². The Morgan fingerprint density at radius 3 is 1.00 bits per heavy atom. The fourth-order valence-electron chi connectivity index (χ4n) is 10.2. The number of nitrogens with one attached hydrogen (secondary N) is 1. The highest BCUT2D eigenvalue weighted by Crippen LogP contribution is 2.18. The van der Waals surface area contributed by atoms with Crippen LogP contribution in [0.2, 0.25) is 0 Å². The number of aliphatic hydroxyl groups is 2. The van der Waals surface area contributed by atoms with E-state index in [9.17, 15) is 19.8 Å². The molecule has 0 rings (SSSR count). The molecule has 6 heteroatoms. The lowest BCUT2D eigenvalue weighted by atomic mass is 10.0. The maximum atomic E-state index is 12.5. The lowest BCUT2D eigenvalue weighted by Gasteiger charge is -2.20. The zero-order valence-electron chi connectivity index (χ0n) is 48.7. The molecule has 426 valence electrons. The van der Waals surface area contributed by atoms with Gasteiger partial charge in [-0.2, -0.15) is 0 Å². The fraction of sp³-hybridized carbons (Fsp3) is 0.909. The molecule has 0 aliphatic heterocycles. The molecule has 2 atom stereocenters. The predicted octanol–water partition coefficient (Wildman–Crippen LogP) is 20.6. The van der Waals surface area contributed by atoms with Gasteiger partial charge in [0.25, 0.3) is 0 Å². The van der Waals surface area contributed by atoms with Crippen LogP contribution in [0.15, 0.2) is 24.3 Å². The maximum absolute atomic E-state index is 12.5. The topological polar surface area (TPSA) is 95.9 Å². The van der Waals surface area contributed by atoms with Gasteiger partial charge in [0.2, 0.25) is 5.91 Å². The zero-order valence-corrected chi connectivity index (χ0v) is 48.7. The quantitative estimate of drug-likeness (QED) is 0.0320. The molecule has 0 fully saturated rings. The summed E-state index contributed by atoms with van der Waals surface area (Å²) < 4.78 is 5.48. The van der Waals surface area contributed by atoms with Gasteiger partial charge in [-0.05, 0) is 57.8 Å². The summed E-state index contributed by atoms with van der Waals surface area (Å²) in [6.07, 6.45) is 76.6. The molecule has 0 saturated carbocycles. The smallest absolute Gasteiger partial charge is 0.305 e. The summed E-state index contributed by atoms with van der Waals surface area (Å²) in [5.74, 6) is -0.0565. The Morgan fingerprint density at radius 1 is 0.375 bits per heavy atom. The van der Waals surface area contributed by atoms with Crippen LogP contribution in [0.3, 0.4) is 0 Å². The van der Waals surface area contributed by atoms with Gasteiger partial charge in [0, 0.05) is 12.8 Å². The third-order valence-corrected chi connectivity index (χ3v) is 15.2. The first-order valence-corrected chi connectivity index (χ1v) is 32.6. The van der Waals surface area contributed by atoms with Gasteiger partial charge in [0.15, 0.2) is 0 Å². The Morgan fingerprint density at radius 2 is 0.653 bits per heavy atom. The van der Waals surface area contributed by atoms with Gasteiger partial charge >= 0.3 is 5.97 Å². The third-order valence-electron chi connectivity index (χ3n) is 15.2. The first kappa shape index (κ1) is 70.3. The molecule has 72 heavy (non-hydrogen) atoms. The molecule has 0 heterocycles. The van der Waals surface area contributed by atoms with E-state index in [-0.39, 0.29) is 18.5 Å². The van der Waals surface area contributed by atoms with E-state index in [1.54, 1.807) is 6.08 Å². The number of unbranched alkanes of at least 4 members (excludes halogenated alkanes) is 48. The highest BCUT2D eigenvalue weighted by Gasteiger charge is 2.18. The van der Waals surface area contributed by atoms with E-state index in [1.807, 2.05) is 6.08 Å². The van der Waals surface area contributed by atoms with Crippen molar-refractivity contribution in [2.24, 2.45) is 0 Å². The first-order valence-electron chi connectivity index (χ1n) is 32.6. The third kappa shape index (κ3) is 57.6. The molecule has 0 aromatic rings. The minimum Gasteiger partial charge on any atom is -0.466 e. The Kier molecular flexibility index (Phi) is 60.5. The Labute approximate surface area is 450 Å². The number of allylic oxidation sites excluding steroid dienone is 3. The van der Waals surface area contributed by atoms with E-state index in [0.717, 1.165) is 44.9 Å². The van der Waals surface area contributed by atoms with Crippen molar-refractivity contribution in [2.45, 2.75) is 373 Å². The molecule has 6 nitrogen and oxygen atoms in total. The number of ether oxygens (including phenoxy) is 1. The normalized spacial score (nSPS) is 12.7. The van der Waals surface area contributed by atoms with Gasteiger partial charge in [-0.25, -0.2) is 0 Å². The lowest BCUT2D eigenvalue weighted by Crippen LogP contribution is -2.45. The van der Waals surface area contributed by atoms with Crippen molar-refractivity contribution in [2.75, 3.05) is 13.2 Å². The predicted molar refractivity (Wildman–Crippen MR) is 315 cm³/mol. The van der Waals surface area contributed by atoms with Gasteiger partial charge in [-0.1, -0.05) is 314 Å². The van der Waals surface area contributed by atoms with Crippen molar-refractivity contribution >= 4 is 11.9 Å². The maximum Gasteiger partial charge on any atom is 0.305 e. The van der Waals surface area contributed by atoms with Gasteiger partial charge < -0.3 is 20.3 Å². The van der Waals surface area contributed by atoms with E-state index in [0.29, 0.717) is 19.4 Å². The monoisotopic (exact) mass is 1010 g/mol. The molecule has 2 unspecified atom stereocenters. The van der Waals surface area contributed by atoms with Crippen LogP contribution in [0.25, 0.3) is 0 Å². The highest BCUT2D eigenvalue weighted by molar-refractivity contribution is 5.76. The molecule has 0 aromatic heterocycles. The molecule has 0 radical (unpaired) electrons. The van der Waals surface area contributed by atoms with E-state index < -0.39 is 12.1 Å². The summed E-state index contributed by atoms with van der Waals surface area (Å²) in [4.78, 5) is 24.5. The van der Waals surface area contributed by atoms with Crippen LogP contribution in [0, 0.1) is 0 Å². The van der Waals surface area contributed by atoms with Gasteiger partial charge in [-0.15, -0.1) is 0 Å². The van der Waals surface area contributed by atoms with Gasteiger partial charge in [0.05, 0.1) is 25.4 Å². The Bertz CT molecular complexity index is 1120. The molecule has 0 saturated heterocycles. The summed E-state index contributed by atoms with van der Waals surface area (Å²) in [6.45, 7) is 4.91. The van der Waals surface area contributed by atoms with Crippen LogP contribution < -0.4 is 5.32 Å². The van der Waals surface area contributed by atoms with E-state index >= 15 is 0 Å². The van der Waals surface area contributed by atoms with E-state index in [2.05, 4.69) is 31.3 Å². The Hall–Kier alpha value is -1.66. The number of aliphatic hydroxyl groups excluding tert-OH is 2. The van der Waals surface area contributed by atoms with Crippen molar-refractivity contribution in [1.82, 2.24) is 5.32 Å². The molecule has 0 aromatic carbocycles. The number of esters is 1. The second kappa shape index (κ2) is 61.9.